The van der Waals surface area contributed by atoms with E-state index in [1.54, 1.807) is 0 Å². The molecule has 0 amide bonds. The number of fused-ring (bicyclic) bond motifs is 4. The molecule has 7 nitrogen and oxygen atoms in total. The summed E-state index contributed by atoms with van der Waals surface area (Å²) in [4.78, 5) is 5.89. The zero-order valence-corrected chi connectivity index (χ0v) is 18.9. The van der Waals surface area contributed by atoms with Gasteiger partial charge in [0.15, 0.2) is 0 Å². The van der Waals surface area contributed by atoms with Crippen LogP contribution in [0.1, 0.15) is 45.4 Å². The van der Waals surface area contributed by atoms with Crippen LogP contribution < -0.4 is 0 Å². The SMILES string of the molecule is C[C@]12CC[C@@](C)(CC1)N2Cc1nnc(-c2cc(-c3cccc4[nH]ccc34)cc3[nH]ncc23)o1. The maximum atomic E-state index is 6.28. The molecule has 5 aromatic rings. The summed E-state index contributed by atoms with van der Waals surface area (Å²) in [6.07, 6.45) is 8.78. The quantitative estimate of drug-likeness (QED) is 0.378. The molecule has 7 heteroatoms. The van der Waals surface area contributed by atoms with Gasteiger partial charge in [-0.15, -0.1) is 10.2 Å². The minimum atomic E-state index is 0.246. The molecule has 0 aliphatic carbocycles. The molecule has 0 atom stereocenters. The Balaban J connectivity index is 1.30. The minimum Gasteiger partial charge on any atom is -0.419 e. The maximum absolute atomic E-state index is 6.28. The first-order valence-electron chi connectivity index (χ1n) is 11.7. The largest absolute Gasteiger partial charge is 0.419 e. The van der Waals surface area contributed by atoms with Crippen molar-refractivity contribution >= 4 is 21.8 Å². The van der Waals surface area contributed by atoms with Gasteiger partial charge in [-0.1, -0.05) is 12.1 Å². The molecule has 0 spiro atoms. The van der Waals surface area contributed by atoms with E-state index in [4.69, 9.17) is 4.42 Å². The van der Waals surface area contributed by atoms with Gasteiger partial charge in [0.1, 0.15) is 0 Å². The Hall–Kier alpha value is -3.45. The average molecular weight is 439 g/mol. The van der Waals surface area contributed by atoms with Gasteiger partial charge in [-0.2, -0.15) is 5.10 Å². The third-order valence-corrected chi connectivity index (χ3v) is 8.16. The number of hydrogen-bond acceptors (Lipinski definition) is 5. The standard InChI is InChI=1S/C26H26N6O/c1-25-7-9-26(2,10-8-25)32(25)15-23-30-31-24(33-23)19-12-16(13-22-20(19)14-28-29-22)17-4-3-5-21-18(17)6-11-27-21/h3-6,11-14,27H,7-10,15H2,1-2H3,(H,28,29)/t25-,26-. The highest BCUT2D eigenvalue weighted by molar-refractivity contribution is 6.01. The number of H-pyrrole nitrogens is 2. The summed E-state index contributed by atoms with van der Waals surface area (Å²) in [5.41, 5.74) is 5.70. The molecule has 2 fully saturated rings. The molecule has 33 heavy (non-hydrogen) atoms. The number of aromatic amines is 2. The number of benzene rings is 2. The third-order valence-electron chi connectivity index (χ3n) is 8.16. The lowest BCUT2D eigenvalue weighted by molar-refractivity contribution is 0.0991. The Labute approximate surface area is 191 Å². The van der Waals surface area contributed by atoms with Crippen molar-refractivity contribution in [3.63, 3.8) is 0 Å². The van der Waals surface area contributed by atoms with Gasteiger partial charge in [-0.05, 0) is 74.9 Å². The lowest BCUT2D eigenvalue weighted by atomic mass is 9.84. The monoisotopic (exact) mass is 438 g/mol. The first kappa shape index (κ1) is 19.1. The fourth-order valence-corrected chi connectivity index (χ4v) is 6.18. The van der Waals surface area contributed by atoms with Crippen molar-refractivity contribution in [1.82, 2.24) is 30.3 Å². The Morgan fingerprint density at radius 3 is 2.58 bits per heavy atom. The van der Waals surface area contributed by atoms with E-state index in [0.717, 1.165) is 33.1 Å². The van der Waals surface area contributed by atoms with Crippen LogP contribution in [0.15, 0.2) is 53.2 Å². The fraction of sp³-hybridized carbons (Fsp3) is 0.346. The van der Waals surface area contributed by atoms with Gasteiger partial charge in [0.05, 0.1) is 23.8 Å². The Morgan fingerprint density at radius 2 is 1.76 bits per heavy atom. The summed E-state index contributed by atoms with van der Waals surface area (Å²) in [5, 5.41) is 18.5. The van der Waals surface area contributed by atoms with Gasteiger partial charge in [0.25, 0.3) is 0 Å². The number of hydrogen-bond donors (Lipinski definition) is 2. The molecular formula is C26H26N6O. The van der Waals surface area contributed by atoms with Gasteiger partial charge in [-0.25, -0.2) is 0 Å². The van der Waals surface area contributed by atoms with E-state index in [2.05, 4.69) is 80.5 Å². The van der Waals surface area contributed by atoms with Gasteiger partial charge >= 0.3 is 0 Å². The summed E-state index contributed by atoms with van der Waals surface area (Å²) >= 11 is 0. The first-order valence-corrected chi connectivity index (χ1v) is 11.7. The Bertz CT molecular complexity index is 1480. The van der Waals surface area contributed by atoms with Crippen molar-refractivity contribution in [3.05, 3.63) is 54.7 Å². The highest BCUT2D eigenvalue weighted by atomic mass is 16.4. The smallest absolute Gasteiger partial charge is 0.248 e. The van der Waals surface area contributed by atoms with Crippen LogP contribution in [0.2, 0.25) is 0 Å². The van der Waals surface area contributed by atoms with Crippen molar-refractivity contribution in [2.24, 2.45) is 0 Å². The second-order valence-electron chi connectivity index (χ2n) is 10.2. The second-order valence-corrected chi connectivity index (χ2v) is 10.2. The van der Waals surface area contributed by atoms with Crippen molar-refractivity contribution in [1.29, 1.82) is 0 Å². The second kappa shape index (κ2) is 6.54. The van der Waals surface area contributed by atoms with E-state index in [0.29, 0.717) is 18.3 Å². The number of rotatable bonds is 4. The summed E-state index contributed by atoms with van der Waals surface area (Å²) < 4.78 is 6.28. The average Bonchev–Trinajstić information content (AvgIpc) is 3.63. The lowest BCUT2D eigenvalue weighted by Crippen LogP contribution is -2.43. The van der Waals surface area contributed by atoms with E-state index in [1.165, 1.54) is 31.1 Å². The molecule has 0 unspecified atom stereocenters. The zero-order chi connectivity index (χ0) is 22.2. The minimum absolute atomic E-state index is 0.246. The van der Waals surface area contributed by atoms with E-state index in [-0.39, 0.29) is 11.1 Å². The predicted molar refractivity (Wildman–Crippen MR) is 127 cm³/mol. The molecule has 166 valence electrons. The van der Waals surface area contributed by atoms with E-state index in [9.17, 15) is 0 Å². The number of nitrogens with zero attached hydrogens (tertiary/aromatic N) is 4. The maximum Gasteiger partial charge on any atom is 0.248 e. The van der Waals surface area contributed by atoms with Crippen LogP contribution >= 0.6 is 0 Å². The highest BCUT2D eigenvalue weighted by Crippen LogP contribution is 2.53. The Morgan fingerprint density at radius 1 is 0.939 bits per heavy atom. The van der Waals surface area contributed by atoms with Gasteiger partial charge in [0, 0.05) is 33.6 Å². The molecule has 7 rings (SSSR count). The molecule has 2 N–H and O–H groups in total. The van der Waals surface area contributed by atoms with Crippen LogP contribution in [0.4, 0.5) is 0 Å². The van der Waals surface area contributed by atoms with E-state index < -0.39 is 0 Å². The lowest BCUT2D eigenvalue weighted by Gasteiger charge is -2.34. The van der Waals surface area contributed by atoms with Crippen LogP contribution in [0.25, 0.3) is 44.4 Å². The van der Waals surface area contributed by atoms with Gasteiger partial charge in [-0.3, -0.25) is 10.00 Å². The van der Waals surface area contributed by atoms with Gasteiger partial charge < -0.3 is 9.40 Å². The topological polar surface area (TPSA) is 86.6 Å². The number of aromatic nitrogens is 5. The zero-order valence-electron chi connectivity index (χ0n) is 18.9. The molecule has 2 aliphatic rings. The first-order chi connectivity index (χ1) is 16.0. The van der Waals surface area contributed by atoms with E-state index >= 15 is 0 Å². The predicted octanol–water partition coefficient (Wildman–Crippen LogP) is 5.67. The summed E-state index contributed by atoms with van der Waals surface area (Å²) in [5.74, 6) is 1.22. The molecule has 0 radical (unpaired) electrons. The molecular weight excluding hydrogens is 412 g/mol. The van der Waals surface area contributed by atoms with Crippen molar-refractivity contribution in [2.45, 2.75) is 57.2 Å². The molecule has 2 aromatic carbocycles. The molecule has 2 saturated heterocycles. The molecule has 2 bridgehead atoms. The van der Waals surface area contributed by atoms with Gasteiger partial charge in [0.2, 0.25) is 11.8 Å². The molecule has 5 heterocycles. The summed E-state index contributed by atoms with van der Waals surface area (Å²) in [6, 6.07) is 12.7. The fourth-order valence-electron chi connectivity index (χ4n) is 6.18. The van der Waals surface area contributed by atoms with E-state index in [1.807, 2.05) is 12.4 Å². The molecule has 0 saturated carbocycles. The molecule has 3 aromatic heterocycles. The molecule has 2 aliphatic heterocycles. The van der Waals surface area contributed by atoms with Crippen LogP contribution in [-0.4, -0.2) is 41.4 Å². The third kappa shape index (κ3) is 2.75. The van der Waals surface area contributed by atoms with Crippen molar-refractivity contribution in [2.75, 3.05) is 0 Å². The van der Waals surface area contributed by atoms with Crippen molar-refractivity contribution < 1.29 is 4.42 Å². The summed E-state index contributed by atoms with van der Waals surface area (Å²) in [6.45, 7) is 5.46. The van der Waals surface area contributed by atoms with Crippen molar-refractivity contribution in [3.8, 4) is 22.6 Å². The number of nitrogens with one attached hydrogen (secondary N) is 2. The van der Waals surface area contributed by atoms with Crippen LogP contribution in [0, 0.1) is 0 Å². The van der Waals surface area contributed by atoms with Crippen LogP contribution in [0.5, 0.6) is 0 Å². The van der Waals surface area contributed by atoms with Crippen LogP contribution in [-0.2, 0) is 6.54 Å². The summed E-state index contributed by atoms with van der Waals surface area (Å²) in [7, 11) is 0. The Kier molecular flexibility index (Phi) is 3.78. The van der Waals surface area contributed by atoms with Crippen LogP contribution in [0.3, 0.4) is 0 Å². The highest BCUT2D eigenvalue weighted by Gasteiger charge is 2.55. The normalized spacial score (nSPS) is 25.0.